The lowest BCUT2D eigenvalue weighted by molar-refractivity contribution is 0.0600. The molecule has 0 aliphatic carbocycles. The number of likely N-dealkylation sites (tertiary alicyclic amines) is 1. The number of aromatic nitrogens is 3. The van der Waals surface area contributed by atoms with Gasteiger partial charge in [0.2, 0.25) is 0 Å². The molecule has 192 valence electrons. The zero-order valence-electron chi connectivity index (χ0n) is 21.3. The Bertz CT molecular complexity index is 1270. The van der Waals surface area contributed by atoms with Crippen LogP contribution in [0.2, 0.25) is 5.02 Å². The van der Waals surface area contributed by atoms with E-state index in [1.54, 1.807) is 22.7 Å². The predicted molar refractivity (Wildman–Crippen MR) is 140 cm³/mol. The third-order valence-corrected chi connectivity index (χ3v) is 7.37. The van der Waals surface area contributed by atoms with Crippen LogP contribution in [0.15, 0.2) is 30.5 Å². The van der Waals surface area contributed by atoms with Gasteiger partial charge in [-0.05, 0) is 58.2 Å². The van der Waals surface area contributed by atoms with Crippen molar-refractivity contribution in [3.8, 4) is 5.75 Å². The second kappa shape index (κ2) is 9.90. The summed E-state index contributed by atoms with van der Waals surface area (Å²) in [5, 5.41) is 15.6. The van der Waals surface area contributed by atoms with E-state index in [1.165, 1.54) is 0 Å². The summed E-state index contributed by atoms with van der Waals surface area (Å²) < 4.78 is 7.73. The van der Waals surface area contributed by atoms with Crippen LogP contribution in [-0.4, -0.2) is 62.4 Å². The first kappa shape index (κ1) is 24.8. The number of hydrogen-bond donors (Lipinski definition) is 1. The van der Waals surface area contributed by atoms with E-state index < -0.39 is 0 Å². The highest BCUT2D eigenvalue weighted by Gasteiger charge is 2.33. The Balaban J connectivity index is 1.47. The zero-order valence-corrected chi connectivity index (χ0v) is 22.1. The van der Waals surface area contributed by atoms with E-state index in [9.17, 15) is 9.90 Å². The minimum atomic E-state index is -0.347. The van der Waals surface area contributed by atoms with E-state index >= 15 is 0 Å². The van der Waals surface area contributed by atoms with Crippen molar-refractivity contribution in [2.45, 2.75) is 65.2 Å². The molecule has 2 aliphatic rings. The Morgan fingerprint density at radius 3 is 2.75 bits per heavy atom. The van der Waals surface area contributed by atoms with Gasteiger partial charge in [-0.2, -0.15) is 5.10 Å². The average Bonchev–Trinajstić information content (AvgIpc) is 3.41. The van der Waals surface area contributed by atoms with Gasteiger partial charge in [0.1, 0.15) is 11.6 Å². The van der Waals surface area contributed by atoms with Crippen molar-refractivity contribution in [1.29, 1.82) is 0 Å². The molecular formula is C27H34ClN5O3. The van der Waals surface area contributed by atoms with E-state index in [-0.39, 0.29) is 30.1 Å². The van der Waals surface area contributed by atoms with Crippen LogP contribution in [0.1, 0.15) is 67.7 Å². The molecule has 1 amide bonds. The number of piperidine rings is 1. The first-order valence-corrected chi connectivity index (χ1v) is 13.2. The Kier molecular flexibility index (Phi) is 6.83. The van der Waals surface area contributed by atoms with Crippen molar-refractivity contribution in [2.24, 2.45) is 5.92 Å². The summed E-state index contributed by atoms with van der Waals surface area (Å²) in [5.41, 5.74) is 3.05. The van der Waals surface area contributed by atoms with E-state index in [2.05, 4.69) is 11.8 Å². The molecule has 36 heavy (non-hydrogen) atoms. The SMILES string of the molecule is Cc1cn2nc([C@@H]3CCCCN3C(=O)c3cc(Cl)ccc3OC(C)C)cc2nc1N1C[C@@H](C)[C@@H](O)C1. The molecule has 1 N–H and O–H groups in total. The smallest absolute Gasteiger partial charge is 0.258 e. The van der Waals surface area contributed by atoms with Crippen molar-refractivity contribution < 1.29 is 14.6 Å². The number of ether oxygens (including phenoxy) is 1. The lowest BCUT2D eigenvalue weighted by Gasteiger charge is -2.35. The van der Waals surface area contributed by atoms with Gasteiger partial charge in [-0.15, -0.1) is 0 Å². The molecule has 5 rings (SSSR count). The predicted octanol–water partition coefficient (Wildman–Crippen LogP) is 4.66. The summed E-state index contributed by atoms with van der Waals surface area (Å²) in [5.74, 6) is 1.53. The normalized spacial score (nSPS) is 22.6. The summed E-state index contributed by atoms with van der Waals surface area (Å²) >= 11 is 6.27. The Morgan fingerprint density at radius 1 is 1.22 bits per heavy atom. The number of aliphatic hydroxyl groups excluding tert-OH is 1. The minimum Gasteiger partial charge on any atom is -0.490 e. The van der Waals surface area contributed by atoms with Gasteiger partial charge in [0.05, 0.1) is 29.5 Å². The van der Waals surface area contributed by atoms with Gasteiger partial charge in [-0.25, -0.2) is 9.50 Å². The highest BCUT2D eigenvalue weighted by atomic mass is 35.5. The van der Waals surface area contributed by atoms with Crippen LogP contribution in [0.5, 0.6) is 5.75 Å². The molecule has 2 saturated heterocycles. The molecule has 2 fully saturated rings. The maximum atomic E-state index is 13.8. The molecular weight excluding hydrogens is 478 g/mol. The fourth-order valence-corrected chi connectivity index (χ4v) is 5.46. The number of β-amino-alcohol motifs (C(OH)–C–C–N with tert-alkyl or cyclic N) is 1. The topological polar surface area (TPSA) is 83.2 Å². The molecule has 1 aromatic carbocycles. The van der Waals surface area contributed by atoms with E-state index in [1.807, 2.05) is 37.9 Å². The monoisotopic (exact) mass is 511 g/mol. The molecule has 0 radical (unpaired) electrons. The first-order chi connectivity index (χ1) is 17.2. The third-order valence-electron chi connectivity index (χ3n) is 7.14. The van der Waals surface area contributed by atoms with Gasteiger partial charge in [0.15, 0.2) is 5.65 Å². The second-order valence-electron chi connectivity index (χ2n) is 10.4. The first-order valence-electron chi connectivity index (χ1n) is 12.8. The summed E-state index contributed by atoms with van der Waals surface area (Å²) in [6.07, 6.45) is 4.37. The molecule has 4 heterocycles. The molecule has 2 aliphatic heterocycles. The number of aryl methyl sites for hydroxylation is 1. The number of nitrogens with zero attached hydrogens (tertiary/aromatic N) is 5. The molecule has 2 aromatic heterocycles. The van der Waals surface area contributed by atoms with Crippen molar-refractivity contribution in [3.05, 3.63) is 52.3 Å². The quantitative estimate of drug-likeness (QED) is 0.536. The number of halogens is 1. The van der Waals surface area contributed by atoms with Crippen molar-refractivity contribution in [1.82, 2.24) is 19.5 Å². The molecule has 9 heteroatoms. The molecule has 0 unspecified atom stereocenters. The van der Waals surface area contributed by atoms with Crippen LogP contribution in [-0.2, 0) is 0 Å². The van der Waals surface area contributed by atoms with Gasteiger partial charge in [-0.3, -0.25) is 4.79 Å². The van der Waals surface area contributed by atoms with Crippen LogP contribution in [0, 0.1) is 12.8 Å². The second-order valence-corrected chi connectivity index (χ2v) is 10.8. The number of amides is 1. The number of benzene rings is 1. The van der Waals surface area contributed by atoms with Crippen LogP contribution in [0.3, 0.4) is 0 Å². The number of carbonyl (C=O) groups is 1. The van der Waals surface area contributed by atoms with Crippen molar-refractivity contribution in [2.75, 3.05) is 24.5 Å². The van der Waals surface area contributed by atoms with E-state index in [0.29, 0.717) is 29.4 Å². The van der Waals surface area contributed by atoms with Gasteiger partial charge >= 0.3 is 0 Å². The minimum absolute atomic E-state index is 0.0588. The van der Waals surface area contributed by atoms with Gasteiger partial charge in [0, 0.05) is 48.4 Å². The van der Waals surface area contributed by atoms with Crippen LogP contribution in [0.25, 0.3) is 5.65 Å². The van der Waals surface area contributed by atoms with Crippen molar-refractivity contribution in [3.63, 3.8) is 0 Å². The van der Waals surface area contributed by atoms with Gasteiger partial charge in [0.25, 0.3) is 5.91 Å². The number of anilines is 1. The van der Waals surface area contributed by atoms with Crippen LogP contribution >= 0.6 is 11.6 Å². The fourth-order valence-electron chi connectivity index (χ4n) is 5.29. The van der Waals surface area contributed by atoms with Crippen molar-refractivity contribution >= 4 is 29.0 Å². The molecule has 8 nitrogen and oxygen atoms in total. The lowest BCUT2D eigenvalue weighted by atomic mass is 9.98. The van der Waals surface area contributed by atoms with E-state index in [0.717, 1.165) is 48.5 Å². The van der Waals surface area contributed by atoms with E-state index in [4.69, 9.17) is 26.4 Å². The van der Waals surface area contributed by atoms with Gasteiger partial charge in [-0.1, -0.05) is 18.5 Å². The molecule has 3 atom stereocenters. The lowest BCUT2D eigenvalue weighted by Crippen LogP contribution is -2.39. The number of aliphatic hydroxyl groups is 1. The highest BCUT2D eigenvalue weighted by Crippen LogP contribution is 2.35. The zero-order chi connectivity index (χ0) is 25.6. The maximum Gasteiger partial charge on any atom is 0.258 e. The summed E-state index contributed by atoms with van der Waals surface area (Å²) in [6, 6.07) is 7.04. The fraction of sp³-hybridized carbons (Fsp3) is 0.519. The largest absolute Gasteiger partial charge is 0.490 e. The van der Waals surface area contributed by atoms with Crippen LogP contribution < -0.4 is 9.64 Å². The Morgan fingerprint density at radius 2 is 2.03 bits per heavy atom. The average molecular weight is 512 g/mol. The molecule has 3 aromatic rings. The Hall–Kier alpha value is -2.84. The Labute approximate surface area is 216 Å². The number of fused-ring (bicyclic) bond motifs is 1. The summed E-state index contributed by atoms with van der Waals surface area (Å²) in [7, 11) is 0. The standard InChI is InChI=1S/C27H34ClN5O3/c1-16(2)36-24-9-8-19(28)11-20(24)27(35)32-10-6-5-7-22(32)21-12-25-29-26(18(4)14-33(25)30-21)31-13-17(3)23(34)15-31/h8-9,11-12,14,16-17,22-23,34H,5-7,10,13,15H2,1-4H3/t17-,22+,23+/m1/s1. The maximum absolute atomic E-state index is 13.8. The molecule has 0 saturated carbocycles. The summed E-state index contributed by atoms with van der Waals surface area (Å²) in [6.45, 7) is 9.96. The number of rotatable bonds is 5. The third kappa shape index (κ3) is 4.76. The van der Waals surface area contributed by atoms with Gasteiger partial charge < -0.3 is 19.6 Å². The van der Waals surface area contributed by atoms with Crippen LogP contribution in [0.4, 0.5) is 5.82 Å². The highest BCUT2D eigenvalue weighted by molar-refractivity contribution is 6.31. The molecule has 0 bridgehead atoms. The number of carbonyl (C=O) groups excluding carboxylic acids is 1. The summed E-state index contributed by atoms with van der Waals surface area (Å²) in [4.78, 5) is 22.7. The molecule has 0 spiro atoms. The number of hydrogen-bond acceptors (Lipinski definition) is 6.